The summed E-state index contributed by atoms with van der Waals surface area (Å²) in [6.45, 7) is 1.86. The molecule has 0 spiro atoms. The van der Waals surface area contributed by atoms with Crippen LogP contribution in [0.2, 0.25) is 0 Å². The number of hydrogen-bond donors (Lipinski definition) is 2. The lowest BCUT2D eigenvalue weighted by atomic mass is 10.2. The van der Waals surface area contributed by atoms with Gasteiger partial charge in [-0.15, -0.1) is 0 Å². The number of nitrogens with zero attached hydrogens (tertiary/aromatic N) is 1. The number of carbonyl (C=O) groups is 2. The predicted molar refractivity (Wildman–Crippen MR) is 93.7 cm³/mol. The maximum Gasteiger partial charge on any atom is 0.270 e. The summed E-state index contributed by atoms with van der Waals surface area (Å²) in [5, 5.41) is 6.56. The molecule has 5 nitrogen and oxygen atoms in total. The molecule has 2 amide bonds. The van der Waals surface area contributed by atoms with Crippen LogP contribution in [0, 0.1) is 0 Å². The molecular weight excluding hydrogens is 302 g/mol. The van der Waals surface area contributed by atoms with Gasteiger partial charge in [0.2, 0.25) is 5.91 Å². The van der Waals surface area contributed by atoms with Gasteiger partial charge in [0, 0.05) is 24.5 Å². The normalized spacial score (nSPS) is 10.4. The molecular formula is C19H17N3O2. The van der Waals surface area contributed by atoms with Crippen molar-refractivity contribution in [3.8, 4) is 0 Å². The molecule has 120 valence electrons. The molecule has 0 aliphatic carbocycles. The van der Waals surface area contributed by atoms with Gasteiger partial charge in [-0.25, -0.2) is 4.98 Å². The zero-order chi connectivity index (χ0) is 16.9. The van der Waals surface area contributed by atoms with Crippen LogP contribution in [0.25, 0.3) is 10.9 Å². The van der Waals surface area contributed by atoms with Gasteiger partial charge >= 0.3 is 0 Å². The quantitative estimate of drug-likeness (QED) is 0.776. The molecule has 3 rings (SSSR count). The van der Waals surface area contributed by atoms with E-state index in [1.54, 1.807) is 18.2 Å². The number of hydrogen-bond acceptors (Lipinski definition) is 3. The Kier molecular flexibility index (Phi) is 4.52. The zero-order valence-electron chi connectivity index (χ0n) is 13.2. The molecule has 0 aliphatic rings. The Morgan fingerprint density at radius 3 is 2.46 bits per heavy atom. The SMILES string of the molecule is CC(=O)Nc1ccc(CNC(=O)c2ccc3ccccc3n2)cc1. The molecule has 24 heavy (non-hydrogen) atoms. The summed E-state index contributed by atoms with van der Waals surface area (Å²) in [5.74, 6) is -0.329. The van der Waals surface area contributed by atoms with E-state index in [9.17, 15) is 9.59 Å². The number of pyridine rings is 1. The molecule has 0 saturated carbocycles. The Bertz CT molecular complexity index is 889. The van der Waals surface area contributed by atoms with Crippen LogP contribution in [0.15, 0.2) is 60.7 Å². The first-order valence-corrected chi connectivity index (χ1v) is 7.62. The minimum Gasteiger partial charge on any atom is -0.347 e. The third kappa shape index (κ3) is 3.76. The van der Waals surface area contributed by atoms with E-state index >= 15 is 0 Å². The molecule has 0 unspecified atom stereocenters. The first-order chi connectivity index (χ1) is 11.6. The van der Waals surface area contributed by atoms with Crippen LogP contribution in [0.4, 0.5) is 5.69 Å². The summed E-state index contributed by atoms with van der Waals surface area (Å²) >= 11 is 0. The zero-order valence-corrected chi connectivity index (χ0v) is 13.2. The van der Waals surface area contributed by atoms with Gasteiger partial charge in [0.25, 0.3) is 5.91 Å². The van der Waals surface area contributed by atoms with Crippen LogP contribution >= 0.6 is 0 Å². The maximum atomic E-state index is 12.2. The number of fused-ring (bicyclic) bond motifs is 1. The fourth-order valence-corrected chi connectivity index (χ4v) is 2.37. The predicted octanol–water partition coefficient (Wildman–Crippen LogP) is 3.12. The molecule has 2 N–H and O–H groups in total. The Labute approximate surface area is 139 Å². The van der Waals surface area contributed by atoms with Gasteiger partial charge in [-0.3, -0.25) is 9.59 Å². The third-order valence-corrected chi connectivity index (χ3v) is 3.56. The number of rotatable bonds is 4. The molecule has 1 heterocycles. The number of para-hydroxylation sites is 1. The Morgan fingerprint density at radius 2 is 1.71 bits per heavy atom. The van der Waals surface area contributed by atoms with Crippen LogP contribution in [-0.4, -0.2) is 16.8 Å². The number of aromatic nitrogens is 1. The molecule has 0 atom stereocenters. The highest BCUT2D eigenvalue weighted by molar-refractivity contribution is 5.94. The molecule has 5 heteroatoms. The fraction of sp³-hybridized carbons (Fsp3) is 0.105. The van der Waals surface area contributed by atoms with Crippen molar-refractivity contribution in [3.63, 3.8) is 0 Å². The number of nitrogens with one attached hydrogen (secondary N) is 2. The number of benzene rings is 2. The van der Waals surface area contributed by atoms with Crippen molar-refractivity contribution in [2.45, 2.75) is 13.5 Å². The lowest BCUT2D eigenvalue weighted by Crippen LogP contribution is -2.23. The molecule has 1 aromatic heterocycles. The highest BCUT2D eigenvalue weighted by atomic mass is 16.2. The van der Waals surface area contributed by atoms with E-state index in [4.69, 9.17) is 0 Å². The average Bonchev–Trinajstić information content (AvgIpc) is 2.60. The summed E-state index contributed by atoms with van der Waals surface area (Å²) in [7, 11) is 0. The van der Waals surface area contributed by atoms with E-state index in [1.807, 2.05) is 42.5 Å². The smallest absolute Gasteiger partial charge is 0.270 e. The van der Waals surface area contributed by atoms with E-state index in [-0.39, 0.29) is 11.8 Å². The topological polar surface area (TPSA) is 71.1 Å². The highest BCUT2D eigenvalue weighted by Crippen LogP contribution is 2.12. The molecule has 0 aliphatic heterocycles. The van der Waals surface area contributed by atoms with Gasteiger partial charge in [-0.05, 0) is 29.8 Å². The summed E-state index contributed by atoms with van der Waals surface area (Å²) in [4.78, 5) is 27.6. The monoisotopic (exact) mass is 319 g/mol. The second-order valence-electron chi connectivity index (χ2n) is 5.45. The lowest BCUT2D eigenvalue weighted by molar-refractivity contribution is -0.114. The number of anilines is 1. The molecule has 0 radical (unpaired) electrons. The Hall–Kier alpha value is -3.21. The minimum absolute atomic E-state index is 0.113. The largest absolute Gasteiger partial charge is 0.347 e. The van der Waals surface area contributed by atoms with Crippen molar-refractivity contribution < 1.29 is 9.59 Å². The van der Waals surface area contributed by atoms with E-state index in [1.165, 1.54) is 6.92 Å². The number of amides is 2. The van der Waals surface area contributed by atoms with Crippen LogP contribution in [0.1, 0.15) is 23.0 Å². The molecule has 0 bridgehead atoms. The van der Waals surface area contributed by atoms with Gasteiger partial charge in [0.1, 0.15) is 5.69 Å². The van der Waals surface area contributed by atoms with Gasteiger partial charge in [-0.1, -0.05) is 36.4 Å². The minimum atomic E-state index is -0.216. The summed E-state index contributed by atoms with van der Waals surface area (Å²) < 4.78 is 0. The summed E-state index contributed by atoms with van der Waals surface area (Å²) in [5.41, 5.74) is 2.86. The van der Waals surface area contributed by atoms with E-state index in [0.29, 0.717) is 12.2 Å². The van der Waals surface area contributed by atoms with Crippen molar-refractivity contribution in [1.82, 2.24) is 10.3 Å². The van der Waals surface area contributed by atoms with Crippen molar-refractivity contribution in [3.05, 3.63) is 71.9 Å². The average molecular weight is 319 g/mol. The molecule has 0 saturated heterocycles. The first kappa shape index (κ1) is 15.7. The lowest BCUT2D eigenvalue weighted by Gasteiger charge is -2.07. The van der Waals surface area contributed by atoms with E-state index in [0.717, 1.165) is 22.2 Å². The van der Waals surface area contributed by atoms with E-state index in [2.05, 4.69) is 15.6 Å². The third-order valence-electron chi connectivity index (χ3n) is 3.56. The Balaban J connectivity index is 1.64. The van der Waals surface area contributed by atoms with Crippen molar-refractivity contribution in [2.24, 2.45) is 0 Å². The second-order valence-corrected chi connectivity index (χ2v) is 5.45. The van der Waals surface area contributed by atoms with Crippen molar-refractivity contribution in [1.29, 1.82) is 0 Å². The van der Waals surface area contributed by atoms with Crippen LogP contribution in [-0.2, 0) is 11.3 Å². The first-order valence-electron chi connectivity index (χ1n) is 7.62. The second kappa shape index (κ2) is 6.91. The molecule has 3 aromatic rings. The highest BCUT2D eigenvalue weighted by Gasteiger charge is 2.08. The summed E-state index contributed by atoms with van der Waals surface area (Å²) in [6, 6.07) is 18.6. The fourth-order valence-electron chi connectivity index (χ4n) is 2.37. The van der Waals surface area contributed by atoms with E-state index < -0.39 is 0 Å². The van der Waals surface area contributed by atoms with Crippen molar-refractivity contribution in [2.75, 3.05) is 5.32 Å². The van der Waals surface area contributed by atoms with Crippen LogP contribution in [0.3, 0.4) is 0 Å². The molecule has 0 fully saturated rings. The van der Waals surface area contributed by atoms with Gasteiger partial charge in [0.05, 0.1) is 5.52 Å². The standard InChI is InChI=1S/C19H17N3O2/c1-13(23)21-16-9-6-14(7-10-16)12-20-19(24)18-11-8-15-4-2-3-5-17(15)22-18/h2-11H,12H2,1H3,(H,20,24)(H,21,23). The Morgan fingerprint density at radius 1 is 0.958 bits per heavy atom. The van der Waals surface area contributed by atoms with Gasteiger partial charge in [-0.2, -0.15) is 0 Å². The molecule has 2 aromatic carbocycles. The van der Waals surface area contributed by atoms with Crippen LogP contribution < -0.4 is 10.6 Å². The summed E-state index contributed by atoms with van der Waals surface area (Å²) in [6.07, 6.45) is 0. The number of carbonyl (C=O) groups excluding carboxylic acids is 2. The maximum absolute atomic E-state index is 12.2. The van der Waals surface area contributed by atoms with Gasteiger partial charge < -0.3 is 10.6 Å². The van der Waals surface area contributed by atoms with Gasteiger partial charge in [0.15, 0.2) is 0 Å². The van der Waals surface area contributed by atoms with Crippen molar-refractivity contribution >= 4 is 28.4 Å². The van der Waals surface area contributed by atoms with Crippen LogP contribution in [0.5, 0.6) is 0 Å².